The Labute approximate surface area is 106 Å². The highest BCUT2D eigenvalue weighted by Gasteiger charge is 2.21. The molecule has 2 unspecified atom stereocenters. The van der Waals surface area contributed by atoms with Crippen molar-refractivity contribution in [3.63, 3.8) is 0 Å². The molecule has 0 amide bonds. The Kier molecular flexibility index (Phi) is 6.49. The molecule has 1 aliphatic rings. The minimum atomic E-state index is 0.0136. The lowest BCUT2D eigenvalue weighted by Gasteiger charge is -2.36. The Bertz CT molecular complexity index is 246. The van der Waals surface area contributed by atoms with Crippen LogP contribution in [0, 0.1) is 11.3 Å². The Hall–Kier alpha value is -0.630. The third kappa shape index (κ3) is 5.03. The van der Waals surface area contributed by atoms with Crippen LogP contribution in [0.2, 0.25) is 0 Å². The Balaban J connectivity index is 2.29. The summed E-state index contributed by atoms with van der Waals surface area (Å²) >= 11 is 0. The summed E-state index contributed by atoms with van der Waals surface area (Å²) in [6.45, 7) is 6.30. The highest BCUT2D eigenvalue weighted by molar-refractivity contribution is 4.90. The molecule has 0 aromatic carbocycles. The maximum absolute atomic E-state index is 8.99. The molecule has 1 heterocycles. The number of likely N-dealkylation sites (tertiary alicyclic amines) is 1. The van der Waals surface area contributed by atoms with E-state index in [4.69, 9.17) is 5.26 Å². The molecule has 0 spiro atoms. The zero-order valence-electron chi connectivity index (χ0n) is 11.4. The first-order chi connectivity index (χ1) is 8.17. The molecule has 1 fully saturated rings. The first-order valence-corrected chi connectivity index (χ1v) is 6.69. The minimum Gasteiger partial charge on any atom is -0.305 e. The van der Waals surface area contributed by atoms with Crippen LogP contribution in [0.1, 0.15) is 26.2 Å². The average Bonchev–Trinajstić information content (AvgIpc) is 2.34. The lowest BCUT2D eigenvalue weighted by molar-refractivity contribution is 0.130. The van der Waals surface area contributed by atoms with Gasteiger partial charge in [0.05, 0.1) is 12.1 Å². The van der Waals surface area contributed by atoms with Crippen LogP contribution in [0.3, 0.4) is 0 Å². The molecule has 0 bridgehead atoms. The summed E-state index contributed by atoms with van der Waals surface area (Å²) in [5, 5.41) is 12.2. The van der Waals surface area contributed by atoms with Crippen LogP contribution in [0.25, 0.3) is 0 Å². The second-order valence-corrected chi connectivity index (χ2v) is 5.09. The Morgan fingerprint density at radius 3 is 2.88 bits per heavy atom. The molecule has 0 aliphatic carbocycles. The number of rotatable bonds is 6. The van der Waals surface area contributed by atoms with E-state index in [0.29, 0.717) is 6.04 Å². The molecule has 1 aliphatic heterocycles. The van der Waals surface area contributed by atoms with E-state index in [1.807, 2.05) is 6.92 Å². The number of likely N-dealkylation sites (N-methyl/N-ethyl adjacent to an activating group) is 1. The predicted octanol–water partition coefficient (Wildman–Crippen LogP) is 0.904. The highest BCUT2D eigenvalue weighted by Crippen LogP contribution is 2.14. The van der Waals surface area contributed by atoms with Crippen molar-refractivity contribution in [3.8, 4) is 6.07 Å². The molecular weight excluding hydrogens is 212 g/mol. The quantitative estimate of drug-likeness (QED) is 0.747. The van der Waals surface area contributed by atoms with Gasteiger partial charge in [-0.3, -0.25) is 0 Å². The van der Waals surface area contributed by atoms with E-state index < -0.39 is 0 Å². The average molecular weight is 238 g/mol. The summed E-state index contributed by atoms with van der Waals surface area (Å²) in [5.74, 6) is 0. The summed E-state index contributed by atoms with van der Waals surface area (Å²) in [5.41, 5.74) is 0. The normalized spacial score (nSPS) is 23.6. The van der Waals surface area contributed by atoms with Gasteiger partial charge in [-0.15, -0.1) is 0 Å². The molecular formula is C13H26N4. The number of hydrogen-bond acceptors (Lipinski definition) is 4. The lowest BCUT2D eigenvalue weighted by Crippen LogP contribution is -2.46. The van der Waals surface area contributed by atoms with E-state index in [1.165, 1.54) is 19.4 Å². The van der Waals surface area contributed by atoms with Crippen LogP contribution in [0.5, 0.6) is 0 Å². The molecule has 4 nitrogen and oxygen atoms in total. The van der Waals surface area contributed by atoms with Gasteiger partial charge in [0.15, 0.2) is 0 Å². The van der Waals surface area contributed by atoms with Crippen LogP contribution in [-0.2, 0) is 0 Å². The highest BCUT2D eigenvalue weighted by atomic mass is 15.2. The van der Waals surface area contributed by atoms with Gasteiger partial charge in [0.1, 0.15) is 0 Å². The van der Waals surface area contributed by atoms with Crippen molar-refractivity contribution in [1.29, 1.82) is 5.26 Å². The topological polar surface area (TPSA) is 42.3 Å². The third-order valence-electron chi connectivity index (χ3n) is 3.55. The van der Waals surface area contributed by atoms with Crippen molar-refractivity contribution in [3.05, 3.63) is 0 Å². The molecule has 0 saturated carbocycles. The SMILES string of the molecule is CCNC(C#N)CCN1CCCC(N(C)C)C1. The molecule has 2 atom stereocenters. The number of piperidine rings is 1. The summed E-state index contributed by atoms with van der Waals surface area (Å²) in [7, 11) is 4.32. The number of nitrogens with zero attached hydrogens (tertiary/aromatic N) is 3. The van der Waals surface area contributed by atoms with Gasteiger partial charge < -0.3 is 15.1 Å². The van der Waals surface area contributed by atoms with E-state index in [1.54, 1.807) is 0 Å². The molecule has 0 aromatic rings. The Morgan fingerprint density at radius 2 is 2.29 bits per heavy atom. The maximum atomic E-state index is 8.99. The molecule has 0 aromatic heterocycles. The Morgan fingerprint density at radius 1 is 1.53 bits per heavy atom. The molecule has 1 rings (SSSR count). The van der Waals surface area contributed by atoms with Crippen molar-refractivity contribution in [2.24, 2.45) is 0 Å². The van der Waals surface area contributed by atoms with E-state index >= 15 is 0 Å². The molecule has 98 valence electrons. The van der Waals surface area contributed by atoms with Gasteiger partial charge in [0.2, 0.25) is 0 Å². The number of nitrogens with one attached hydrogen (secondary N) is 1. The van der Waals surface area contributed by atoms with E-state index in [2.05, 4.69) is 35.3 Å². The maximum Gasteiger partial charge on any atom is 0.0965 e. The van der Waals surface area contributed by atoms with Gasteiger partial charge in [0.25, 0.3) is 0 Å². The largest absolute Gasteiger partial charge is 0.305 e. The summed E-state index contributed by atoms with van der Waals surface area (Å²) in [6, 6.07) is 3.03. The zero-order valence-corrected chi connectivity index (χ0v) is 11.4. The monoisotopic (exact) mass is 238 g/mol. The smallest absolute Gasteiger partial charge is 0.0965 e. The van der Waals surface area contributed by atoms with Crippen molar-refractivity contribution in [1.82, 2.24) is 15.1 Å². The fraction of sp³-hybridized carbons (Fsp3) is 0.923. The molecule has 4 heteroatoms. The van der Waals surface area contributed by atoms with Gasteiger partial charge in [-0.05, 0) is 46.4 Å². The van der Waals surface area contributed by atoms with Crippen molar-refractivity contribution in [2.45, 2.75) is 38.3 Å². The molecule has 1 N–H and O–H groups in total. The first kappa shape index (κ1) is 14.4. The fourth-order valence-corrected chi connectivity index (χ4v) is 2.43. The van der Waals surface area contributed by atoms with Crippen molar-refractivity contribution >= 4 is 0 Å². The minimum absolute atomic E-state index is 0.0136. The second-order valence-electron chi connectivity index (χ2n) is 5.09. The molecule has 0 radical (unpaired) electrons. The van der Waals surface area contributed by atoms with E-state index in [0.717, 1.165) is 26.1 Å². The van der Waals surface area contributed by atoms with Gasteiger partial charge in [0, 0.05) is 19.1 Å². The van der Waals surface area contributed by atoms with Crippen molar-refractivity contribution < 1.29 is 0 Å². The van der Waals surface area contributed by atoms with Crippen LogP contribution < -0.4 is 5.32 Å². The first-order valence-electron chi connectivity index (χ1n) is 6.69. The third-order valence-corrected chi connectivity index (χ3v) is 3.55. The van der Waals surface area contributed by atoms with Gasteiger partial charge >= 0.3 is 0 Å². The van der Waals surface area contributed by atoms with E-state index in [-0.39, 0.29) is 6.04 Å². The molecule has 17 heavy (non-hydrogen) atoms. The summed E-state index contributed by atoms with van der Waals surface area (Å²) in [6.07, 6.45) is 3.52. The summed E-state index contributed by atoms with van der Waals surface area (Å²) in [4.78, 5) is 4.81. The lowest BCUT2D eigenvalue weighted by atomic mass is 10.0. The second kappa shape index (κ2) is 7.65. The van der Waals surface area contributed by atoms with Crippen LogP contribution in [0.15, 0.2) is 0 Å². The van der Waals surface area contributed by atoms with Crippen LogP contribution >= 0.6 is 0 Å². The number of nitriles is 1. The van der Waals surface area contributed by atoms with Crippen molar-refractivity contribution in [2.75, 3.05) is 40.3 Å². The van der Waals surface area contributed by atoms with Gasteiger partial charge in [-0.25, -0.2) is 0 Å². The predicted molar refractivity (Wildman–Crippen MR) is 70.8 cm³/mol. The fourth-order valence-electron chi connectivity index (χ4n) is 2.43. The van der Waals surface area contributed by atoms with Crippen LogP contribution in [-0.4, -0.2) is 62.2 Å². The van der Waals surface area contributed by atoms with E-state index in [9.17, 15) is 0 Å². The molecule has 1 saturated heterocycles. The summed E-state index contributed by atoms with van der Waals surface area (Å²) < 4.78 is 0. The van der Waals surface area contributed by atoms with Gasteiger partial charge in [-0.2, -0.15) is 5.26 Å². The standard InChI is InChI=1S/C13H26N4/c1-4-15-12(10-14)7-9-17-8-5-6-13(11-17)16(2)3/h12-13,15H,4-9,11H2,1-3H3. The van der Waals surface area contributed by atoms with Gasteiger partial charge in [-0.1, -0.05) is 6.92 Å². The van der Waals surface area contributed by atoms with Crippen LogP contribution in [0.4, 0.5) is 0 Å². The zero-order chi connectivity index (χ0) is 12.7. The number of hydrogen-bond donors (Lipinski definition) is 1.